The maximum atomic E-state index is 13.6. The molecule has 2 aromatic carbocycles. The van der Waals surface area contributed by atoms with Crippen LogP contribution in [0, 0.1) is 18.6 Å². The van der Waals surface area contributed by atoms with E-state index in [4.69, 9.17) is 17.3 Å². The molecule has 1 atom stereocenters. The summed E-state index contributed by atoms with van der Waals surface area (Å²) in [7, 11) is 0. The average Bonchev–Trinajstić information content (AvgIpc) is 2.33. The van der Waals surface area contributed by atoms with Crippen molar-refractivity contribution in [2.75, 3.05) is 0 Å². The van der Waals surface area contributed by atoms with Crippen molar-refractivity contribution in [1.82, 2.24) is 0 Å². The predicted octanol–water partition coefficient (Wildman–Crippen LogP) is 3.97. The minimum atomic E-state index is -0.710. The summed E-state index contributed by atoms with van der Waals surface area (Å²) in [6.07, 6.45) is 0. The van der Waals surface area contributed by atoms with E-state index in [0.717, 1.165) is 0 Å². The fourth-order valence-electron chi connectivity index (χ4n) is 1.81. The fourth-order valence-corrected chi connectivity index (χ4v) is 2.08. The van der Waals surface area contributed by atoms with Gasteiger partial charge in [0.2, 0.25) is 0 Å². The van der Waals surface area contributed by atoms with Crippen LogP contribution in [-0.2, 0) is 0 Å². The van der Waals surface area contributed by atoms with E-state index >= 15 is 0 Å². The summed E-state index contributed by atoms with van der Waals surface area (Å²) in [5.41, 5.74) is 7.27. The molecule has 4 heteroatoms. The lowest BCUT2D eigenvalue weighted by Crippen LogP contribution is -2.14. The molecule has 0 saturated heterocycles. The van der Waals surface area contributed by atoms with Gasteiger partial charge in [-0.25, -0.2) is 8.78 Å². The summed E-state index contributed by atoms with van der Waals surface area (Å²) in [5.74, 6) is -0.799. The van der Waals surface area contributed by atoms with Gasteiger partial charge < -0.3 is 5.73 Å². The van der Waals surface area contributed by atoms with E-state index in [-0.39, 0.29) is 5.02 Å². The monoisotopic (exact) mass is 267 g/mol. The highest BCUT2D eigenvalue weighted by Gasteiger charge is 2.17. The molecular weight excluding hydrogens is 256 g/mol. The van der Waals surface area contributed by atoms with Gasteiger partial charge in [0.1, 0.15) is 11.6 Å². The third kappa shape index (κ3) is 2.37. The van der Waals surface area contributed by atoms with Gasteiger partial charge in [-0.3, -0.25) is 0 Å². The Bertz CT molecular complexity index is 584. The van der Waals surface area contributed by atoms with Crippen LogP contribution in [0.4, 0.5) is 8.78 Å². The lowest BCUT2D eigenvalue weighted by atomic mass is 9.97. The maximum Gasteiger partial charge on any atom is 0.128 e. The molecular formula is C14H12ClF2N. The molecule has 0 aromatic heterocycles. The Morgan fingerprint density at radius 3 is 2.39 bits per heavy atom. The maximum absolute atomic E-state index is 13.6. The molecule has 94 valence electrons. The Morgan fingerprint density at radius 2 is 1.72 bits per heavy atom. The number of halogens is 3. The molecule has 0 aliphatic carbocycles. The Kier molecular flexibility index (Phi) is 3.64. The molecule has 0 fully saturated rings. The molecule has 1 unspecified atom stereocenters. The van der Waals surface area contributed by atoms with Gasteiger partial charge in [0.25, 0.3) is 0 Å². The van der Waals surface area contributed by atoms with Gasteiger partial charge >= 0.3 is 0 Å². The zero-order chi connectivity index (χ0) is 13.3. The summed E-state index contributed by atoms with van der Waals surface area (Å²) in [5, 5.41) is 0.203. The van der Waals surface area contributed by atoms with Crippen molar-refractivity contribution >= 4 is 11.6 Å². The molecule has 0 heterocycles. The number of benzene rings is 2. The molecule has 18 heavy (non-hydrogen) atoms. The molecule has 2 rings (SSSR count). The first-order valence-corrected chi connectivity index (χ1v) is 5.84. The van der Waals surface area contributed by atoms with Gasteiger partial charge in [0.05, 0.1) is 6.04 Å². The van der Waals surface area contributed by atoms with E-state index < -0.39 is 17.7 Å². The van der Waals surface area contributed by atoms with E-state index in [9.17, 15) is 8.78 Å². The number of hydrogen-bond donors (Lipinski definition) is 1. The predicted molar refractivity (Wildman–Crippen MR) is 68.6 cm³/mol. The number of nitrogens with two attached hydrogens (primary N) is 1. The van der Waals surface area contributed by atoms with Crippen LogP contribution >= 0.6 is 11.6 Å². The van der Waals surface area contributed by atoms with Crippen molar-refractivity contribution in [2.45, 2.75) is 13.0 Å². The largest absolute Gasteiger partial charge is 0.320 e. The quantitative estimate of drug-likeness (QED) is 0.875. The zero-order valence-electron chi connectivity index (χ0n) is 9.75. The van der Waals surface area contributed by atoms with Crippen LogP contribution < -0.4 is 5.73 Å². The molecule has 1 nitrogen and oxygen atoms in total. The number of hydrogen-bond acceptors (Lipinski definition) is 1. The SMILES string of the molecule is Cc1cc(C(N)c2ccccc2F)c(Cl)cc1F. The van der Waals surface area contributed by atoms with Crippen molar-refractivity contribution in [1.29, 1.82) is 0 Å². The summed E-state index contributed by atoms with van der Waals surface area (Å²) in [4.78, 5) is 0. The van der Waals surface area contributed by atoms with Crippen molar-refractivity contribution in [3.8, 4) is 0 Å². The van der Waals surface area contributed by atoms with Crippen LogP contribution in [0.2, 0.25) is 5.02 Å². The highest BCUT2D eigenvalue weighted by Crippen LogP contribution is 2.29. The summed E-state index contributed by atoms with van der Waals surface area (Å²) >= 11 is 5.96. The van der Waals surface area contributed by atoms with Crippen molar-refractivity contribution in [3.63, 3.8) is 0 Å². The van der Waals surface area contributed by atoms with Gasteiger partial charge in [0.15, 0.2) is 0 Å². The van der Waals surface area contributed by atoms with Crippen LogP contribution in [0.25, 0.3) is 0 Å². The first kappa shape index (κ1) is 13.0. The topological polar surface area (TPSA) is 26.0 Å². The molecule has 0 saturated carbocycles. The second-order valence-corrected chi connectivity index (χ2v) is 4.53. The van der Waals surface area contributed by atoms with Gasteiger partial charge in [-0.2, -0.15) is 0 Å². The van der Waals surface area contributed by atoms with Crippen molar-refractivity contribution < 1.29 is 8.78 Å². The molecule has 0 bridgehead atoms. The van der Waals surface area contributed by atoms with Crippen LogP contribution in [-0.4, -0.2) is 0 Å². The lowest BCUT2D eigenvalue weighted by Gasteiger charge is -2.16. The van der Waals surface area contributed by atoms with E-state index in [1.165, 1.54) is 12.1 Å². The summed E-state index contributed by atoms with van der Waals surface area (Å²) < 4.78 is 26.9. The Hall–Kier alpha value is -1.45. The minimum Gasteiger partial charge on any atom is -0.320 e. The number of aryl methyl sites for hydroxylation is 1. The molecule has 0 aliphatic rings. The van der Waals surface area contributed by atoms with Crippen LogP contribution in [0.3, 0.4) is 0 Å². The summed E-state index contributed by atoms with van der Waals surface area (Å²) in [6.45, 7) is 1.61. The Labute approximate surface area is 109 Å². The molecule has 2 aromatic rings. The smallest absolute Gasteiger partial charge is 0.128 e. The van der Waals surface area contributed by atoms with E-state index in [2.05, 4.69) is 0 Å². The molecule has 0 spiro atoms. The van der Waals surface area contributed by atoms with Gasteiger partial charge in [-0.1, -0.05) is 29.8 Å². The van der Waals surface area contributed by atoms with Gasteiger partial charge in [-0.05, 0) is 36.2 Å². The average molecular weight is 268 g/mol. The second kappa shape index (κ2) is 5.04. The standard InChI is InChI=1S/C14H12ClF2N/c1-8-6-10(11(15)7-13(8)17)14(18)9-4-2-3-5-12(9)16/h2-7,14H,18H2,1H3. The van der Waals surface area contributed by atoms with E-state index in [1.54, 1.807) is 31.2 Å². The first-order chi connectivity index (χ1) is 8.50. The minimum absolute atomic E-state index is 0.203. The molecule has 0 radical (unpaired) electrons. The van der Waals surface area contributed by atoms with Gasteiger partial charge in [0, 0.05) is 10.6 Å². The van der Waals surface area contributed by atoms with Crippen molar-refractivity contribution in [3.05, 3.63) is 69.7 Å². The van der Waals surface area contributed by atoms with Crippen LogP contribution in [0.5, 0.6) is 0 Å². The first-order valence-electron chi connectivity index (χ1n) is 5.46. The Morgan fingerprint density at radius 1 is 1.06 bits per heavy atom. The summed E-state index contributed by atoms with van der Waals surface area (Å²) in [6, 6.07) is 8.25. The third-order valence-electron chi connectivity index (χ3n) is 2.85. The zero-order valence-corrected chi connectivity index (χ0v) is 10.5. The highest BCUT2D eigenvalue weighted by atomic mass is 35.5. The molecule has 2 N–H and O–H groups in total. The second-order valence-electron chi connectivity index (χ2n) is 4.12. The van der Waals surface area contributed by atoms with Crippen molar-refractivity contribution in [2.24, 2.45) is 5.73 Å². The van der Waals surface area contributed by atoms with Gasteiger partial charge in [-0.15, -0.1) is 0 Å². The number of rotatable bonds is 2. The van der Waals surface area contributed by atoms with Crippen LogP contribution in [0.15, 0.2) is 36.4 Å². The molecule has 0 aliphatic heterocycles. The molecule has 0 amide bonds. The van der Waals surface area contributed by atoms with E-state index in [1.807, 2.05) is 0 Å². The van der Waals surface area contributed by atoms with E-state index in [0.29, 0.717) is 16.7 Å². The Balaban J connectivity index is 2.50. The highest BCUT2D eigenvalue weighted by molar-refractivity contribution is 6.31. The normalized spacial score (nSPS) is 12.5. The fraction of sp³-hybridized carbons (Fsp3) is 0.143. The van der Waals surface area contributed by atoms with Crippen LogP contribution in [0.1, 0.15) is 22.7 Å². The third-order valence-corrected chi connectivity index (χ3v) is 3.18. The lowest BCUT2D eigenvalue weighted by molar-refractivity contribution is 0.597.